The van der Waals surface area contributed by atoms with Gasteiger partial charge in [-0.3, -0.25) is 19.2 Å². The van der Waals surface area contributed by atoms with Crippen molar-refractivity contribution in [2.24, 2.45) is 7.05 Å². The second-order valence-corrected chi connectivity index (χ2v) is 10.9. The van der Waals surface area contributed by atoms with Gasteiger partial charge in [-0.15, -0.1) is 0 Å². The highest BCUT2D eigenvalue weighted by atomic mass is 16.3. The number of aliphatic hydroxyl groups is 1. The summed E-state index contributed by atoms with van der Waals surface area (Å²) in [5.41, 5.74) is 3.85. The third-order valence-corrected chi connectivity index (χ3v) is 8.16. The van der Waals surface area contributed by atoms with Crippen LogP contribution >= 0.6 is 0 Å². The number of fused-ring (bicyclic) bond motifs is 4. The van der Waals surface area contributed by atoms with E-state index in [-0.39, 0.29) is 23.5 Å². The molecule has 2 aliphatic rings. The molecule has 41 heavy (non-hydrogen) atoms. The first-order valence-corrected chi connectivity index (χ1v) is 13.8. The highest BCUT2D eigenvalue weighted by Gasteiger charge is 2.21. The summed E-state index contributed by atoms with van der Waals surface area (Å²) in [6, 6.07) is 5.47. The number of aliphatic hydroxyl groups excluding tert-OH is 1. The van der Waals surface area contributed by atoms with Crippen LogP contribution in [0.3, 0.4) is 0 Å². The molecular formula is C29H31N9O3. The Balaban J connectivity index is 1.30. The van der Waals surface area contributed by atoms with E-state index < -0.39 is 0 Å². The van der Waals surface area contributed by atoms with Gasteiger partial charge in [0, 0.05) is 73.5 Å². The molecule has 210 valence electrons. The van der Waals surface area contributed by atoms with E-state index in [0.29, 0.717) is 33.6 Å². The van der Waals surface area contributed by atoms with Gasteiger partial charge in [0.15, 0.2) is 11.6 Å². The van der Waals surface area contributed by atoms with Crippen molar-refractivity contribution in [3.05, 3.63) is 80.6 Å². The van der Waals surface area contributed by atoms with Crippen LogP contribution in [0, 0.1) is 0 Å². The first kappa shape index (κ1) is 25.4. The van der Waals surface area contributed by atoms with E-state index in [1.165, 1.54) is 9.25 Å². The third kappa shape index (κ3) is 4.26. The minimum absolute atomic E-state index is 0.210. The Hall–Kier alpha value is -4.55. The number of hydrogen-bond acceptors (Lipinski definition) is 8. The smallest absolute Gasteiger partial charge is 0.282 e. The van der Waals surface area contributed by atoms with Crippen molar-refractivity contribution in [1.82, 2.24) is 38.6 Å². The van der Waals surface area contributed by atoms with Gasteiger partial charge in [0.1, 0.15) is 5.69 Å². The Kier molecular flexibility index (Phi) is 6.09. The number of aryl methyl sites for hydroxylation is 3. The van der Waals surface area contributed by atoms with Crippen molar-refractivity contribution in [3.8, 4) is 16.9 Å². The van der Waals surface area contributed by atoms with Crippen LogP contribution in [0.25, 0.3) is 27.7 Å². The van der Waals surface area contributed by atoms with Crippen LogP contribution < -0.4 is 16.4 Å². The maximum absolute atomic E-state index is 13.6. The molecule has 0 saturated carbocycles. The van der Waals surface area contributed by atoms with Crippen molar-refractivity contribution >= 4 is 22.3 Å². The van der Waals surface area contributed by atoms with E-state index in [4.69, 9.17) is 0 Å². The molecule has 2 aliphatic heterocycles. The van der Waals surface area contributed by atoms with Crippen molar-refractivity contribution in [1.29, 1.82) is 0 Å². The summed E-state index contributed by atoms with van der Waals surface area (Å²) in [6.07, 6.45) is 10.0. The molecule has 0 amide bonds. The minimum Gasteiger partial charge on any atom is -0.392 e. The molecule has 5 aromatic heterocycles. The molecule has 0 bridgehead atoms. The van der Waals surface area contributed by atoms with Crippen molar-refractivity contribution in [2.75, 3.05) is 18.9 Å². The lowest BCUT2D eigenvalue weighted by atomic mass is 10.0. The van der Waals surface area contributed by atoms with Crippen molar-refractivity contribution in [2.45, 2.75) is 45.5 Å². The lowest BCUT2D eigenvalue weighted by molar-refractivity contribution is 0.259. The molecule has 0 unspecified atom stereocenters. The van der Waals surface area contributed by atoms with Crippen LogP contribution in [-0.2, 0) is 39.7 Å². The fourth-order valence-electron chi connectivity index (χ4n) is 6.05. The van der Waals surface area contributed by atoms with E-state index in [0.717, 1.165) is 62.2 Å². The van der Waals surface area contributed by atoms with Gasteiger partial charge in [0.25, 0.3) is 11.1 Å². The fraction of sp³-hybridized carbons (Fsp3) is 0.345. The summed E-state index contributed by atoms with van der Waals surface area (Å²) in [4.78, 5) is 33.4. The standard InChI is InChI=1S/C29H31N9O3/c1-34-9-10-37-19(15-34)12-26(33-37)32-24-11-18(14-35(2)29(24)41)20-6-7-30-27(23(20)17-39)38-28(40)22-16-36-8-4-3-5-25(36)21(22)13-31-38/h6-7,11-14,16,39H,3-5,8-10,15,17H2,1-2H3,(H,32,33). The zero-order valence-corrected chi connectivity index (χ0v) is 23.0. The summed E-state index contributed by atoms with van der Waals surface area (Å²) in [5, 5.41) is 24.3. The van der Waals surface area contributed by atoms with Crippen LogP contribution in [0.4, 0.5) is 11.5 Å². The van der Waals surface area contributed by atoms with Crippen molar-refractivity contribution in [3.63, 3.8) is 0 Å². The molecule has 0 radical (unpaired) electrons. The van der Waals surface area contributed by atoms with Crippen LogP contribution in [0.1, 0.15) is 29.8 Å². The first-order valence-electron chi connectivity index (χ1n) is 13.8. The second-order valence-electron chi connectivity index (χ2n) is 10.9. The lowest BCUT2D eigenvalue weighted by Crippen LogP contribution is -2.30. The Morgan fingerprint density at radius 2 is 1.90 bits per heavy atom. The highest BCUT2D eigenvalue weighted by molar-refractivity contribution is 5.84. The van der Waals surface area contributed by atoms with E-state index >= 15 is 0 Å². The number of rotatable bonds is 5. The van der Waals surface area contributed by atoms with Gasteiger partial charge in [-0.2, -0.15) is 14.9 Å². The molecule has 7 heterocycles. The maximum Gasteiger partial charge on any atom is 0.282 e. The number of likely N-dealkylation sites (N-methyl/N-ethyl adjacent to an activating group) is 1. The second kappa shape index (κ2) is 9.82. The van der Waals surface area contributed by atoms with Gasteiger partial charge in [-0.25, -0.2) is 4.98 Å². The largest absolute Gasteiger partial charge is 0.392 e. The lowest BCUT2D eigenvalue weighted by Gasteiger charge is -2.22. The van der Waals surface area contributed by atoms with E-state index in [9.17, 15) is 14.7 Å². The predicted molar refractivity (Wildman–Crippen MR) is 155 cm³/mol. The van der Waals surface area contributed by atoms with Gasteiger partial charge < -0.3 is 19.6 Å². The molecule has 0 saturated heterocycles. The predicted octanol–water partition coefficient (Wildman–Crippen LogP) is 2.16. The average molecular weight is 554 g/mol. The molecule has 0 aliphatic carbocycles. The van der Waals surface area contributed by atoms with Crippen LogP contribution in [0.5, 0.6) is 0 Å². The number of aromatic nitrogens is 7. The van der Waals surface area contributed by atoms with Gasteiger partial charge in [-0.1, -0.05) is 0 Å². The van der Waals surface area contributed by atoms with Crippen LogP contribution in [0.15, 0.2) is 52.6 Å². The zero-order valence-electron chi connectivity index (χ0n) is 23.0. The number of pyridine rings is 2. The van der Waals surface area contributed by atoms with Gasteiger partial charge >= 0.3 is 0 Å². The van der Waals surface area contributed by atoms with Gasteiger partial charge in [0.2, 0.25) is 0 Å². The fourth-order valence-corrected chi connectivity index (χ4v) is 6.05. The molecule has 12 heteroatoms. The minimum atomic E-state index is -0.371. The Labute approximate surface area is 235 Å². The summed E-state index contributed by atoms with van der Waals surface area (Å²) >= 11 is 0. The zero-order chi connectivity index (χ0) is 28.2. The molecule has 7 rings (SSSR count). The molecule has 2 N–H and O–H groups in total. The average Bonchev–Trinajstić information content (AvgIpc) is 3.56. The SMILES string of the molecule is CN1CCn2nc(Nc3cc(-c4ccnc(-n5ncc6c7n(cc6c5=O)CCCC7)c4CO)cn(C)c3=O)cc2C1. The number of hydrogen-bond donors (Lipinski definition) is 2. The van der Waals surface area contributed by atoms with E-state index in [1.54, 1.807) is 37.8 Å². The van der Waals surface area contributed by atoms with E-state index in [1.807, 2.05) is 16.9 Å². The molecular weight excluding hydrogens is 522 g/mol. The first-order chi connectivity index (χ1) is 19.9. The van der Waals surface area contributed by atoms with E-state index in [2.05, 4.69) is 37.0 Å². The monoisotopic (exact) mass is 553 g/mol. The van der Waals surface area contributed by atoms with Crippen LogP contribution in [0.2, 0.25) is 0 Å². The Bertz CT molecular complexity index is 1930. The number of nitrogens with one attached hydrogen (secondary N) is 1. The molecule has 5 aromatic rings. The highest BCUT2D eigenvalue weighted by Crippen LogP contribution is 2.29. The Morgan fingerprint density at radius 1 is 1.02 bits per heavy atom. The van der Waals surface area contributed by atoms with Crippen LogP contribution in [-0.4, -0.2) is 57.3 Å². The Morgan fingerprint density at radius 3 is 2.76 bits per heavy atom. The summed E-state index contributed by atoms with van der Waals surface area (Å²) in [6.45, 7) is 3.01. The molecule has 0 atom stereocenters. The quantitative estimate of drug-likeness (QED) is 0.339. The number of anilines is 2. The van der Waals surface area contributed by atoms with Gasteiger partial charge in [-0.05, 0) is 44.0 Å². The summed E-state index contributed by atoms with van der Waals surface area (Å²) in [5.74, 6) is 0.858. The summed E-state index contributed by atoms with van der Waals surface area (Å²) in [7, 11) is 3.75. The maximum atomic E-state index is 13.6. The number of nitrogens with zero attached hydrogens (tertiary/aromatic N) is 8. The molecule has 0 aromatic carbocycles. The third-order valence-electron chi connectivity index (χ3n) is 8.16. The normalized spacial score (nSPS) is 15.2. The van der Waals surface area contributed by atoms with Crippen molar-refractivity contribution < 1.29 is 5.11 Å². The molecule has 12 nitrogen and oxygen atoms in total. The molecule has 0 spiro atoms. The summed E-state index contributed by atoms with van der Waals surface area (Å²) < 4.78 is 6.85. The topological polar surface area (TPSA) is 128 Å². The molecule has 0 fully saturated rings. The van der Waals surface area contributed by atoms with Gasteiger partial charge in [0.05, 0.1) is 30.4 Å².